The molecule has 5 heteroatoms. The van der Waals surface area contributed by atoms with Crippen LogP contribution >= 0.6 is 11.8 Å². The van der Waals surface area contributed by atoms with Crippen molar-refractivity contribution in [1.29, 1.82) is 0 Å². The number of rotatable bonds is 8. The van der Waals surface area contributed by atoms with Gasteiger partial charge in [-0.1, -0.05) is 13.0 Å². The molecule has 2 rings (SSSR count). The molecule has 0 aliphatic heterocycles. The van der Waals surface area contributed by atoms with Crippen LogP contribution in [0.2, 0.25) is 0 Å². The van der Waals surface area contributed by atoms with Crippen LogP contribution in [0.4, 0.5) is 0 Å². The Kier molecular flexibility index (Phi) is 7.10. The van der Waals surface area contributed by atoms with Crippen molar-refractivity contribution >= 4 is 17.7 Å². The molecule has 122 valence electrons. The molecule has 0 radical (unpaired) electrons. The summed E-state index contributed by atoms with van der Waals surface area (Å²) < 4.78 is 0. The molecule has 1 aromatic carbocycles. The Labute approximate surface area is 141 Å². The standard InChI is InChI=1S/C18H22N2O2S/c1-2-16(9-11-21)20-18(22)15-5-7-17(8-6-15)23-13-14-4-3-10-19-12-14/h3-8,10,12,16,21H,2,9,11,13H2,1H3,(H,20,22). The normalized spacial score (nSPS) is 11.9. The first kappa shape index (κ1) is 17.5. The zero-order valence-corrected chi connectivity index (χ0v) is 14.1. The average molecular weight is 330 g/mol. The third-order valence-corrected chi connectivity index (χ3v) is 4.63. The van der Waals surface area contributed by atoms with Crippen LogP contribution in [0.3, 0.4) is 0 Å². The van der Waals surface area contributed by atoms with E-state index in [4.69, 9.17) is 5.11 Å². The second-order valence-corrected chi connectivity index (χ2v) is 6.31. The predicted molar refractivity (Wildman–Crippen MR) is 93.5 cm³/mol. The van der Waals surface area contributed by atoms with Crippen LogP contribution in [0.5, 0.6) is 0 Å². The molecule has 0 aliphatic rings. The van der Waals surface area contributed by atoms with Gasteiger partial charge < -0.3 is 10.4 Å². The molecule has 1 amide bonds. The number of carbonyl (C=O) groups is 1. The number of aromatic nitrogens is 1. The molecule has 0 fully saturated rings. The largest absolute Gasteiger partial charge is 0.396 e. The fraction of sp³-hybridized carbons (Fsp3) is 0.333. The second-order valence-electron chi connectivity index (χ2n) is 5.27. The molecule has 0 spiro atoms. The lowest BCUT2D eigenvalue weighted by Gasteiger charge is -2.15. The van der Waals surface area contributed by atoms with Gasteiger partial charge in [0.05, 0.1) is 0 Å². The smallest absolute Gasteiger partial charge is 0.251 e. The molecular formula is C18H22N2O2S. The van der Waals surface area contributed by atoms with Crippen LogP contribution in [-0.2, 0) is 5.75 Å². The van der Waals surface area contributed by atoms with Gasteiger partial charge in [0.2, 0.25) is 0 Å². The summed E-state index contributed by atoms with van der Waals surface area (Å²) in [5, 5.41) is 11.9. The van der Waals surface area contributed by atoms with Gasteiger partial charge in [0.15, 0.2) is 0 Å². The Morgan fingerprint density at radius 3 is 2.70 bits per heavy atom. The van der Waals surface area contributed by atoms with Gasteiger partial charge in [0.25, 0.3) is 5.91 Å². The maximum absolute atomic E-state index is 12.2. The third kappa shape index (κ3) is 5.69. The van der Waals surface area contributed by atoms with Crippen molar-refractivity contribution in [3.8, 4) is 0 Å². The third-order valence-electron chi connectivity index (χ3n) is 3.55. The molecule has 1 aromatic heterocycles. The SMILES string of the molecule is CCC(CCO)NC(=O)c1ccc(SCc2cccnc2)cc1. The molecule has 2 aromatic rings. The zero-order chi connectivity index (χ0) is 16.5. The van der Waals surface area contributed by atoms with Crippen molar-refractivity contribution in [1.82, 2.24) is 10.3 Å². The van der Waals surface area contributed by atoms with E-state index in [9.17, 15) is 4.79 Å². The number of hydrogen-bond acceptors (Lipinski definition) is 4. The van der Waals surface area contributed by atoms with E-state index >= 15 is 0 Å². The summed E-state index contributed by atoms with van der Waals surface area (Å²) in [5.74, 6) is 0.766. The van der Waals surface area contributed by atoms with Gasteiger partial charge in [-0.3, -0.25) is 9.78 Å². The van der Waals surface area contributed by atoms with Gasteiger partial charge in [-0.25, -0.2) is 0 Å². The van der Waals surface area contributed by atoms with Gasteiger partial charge in [-0.2, -0.15) is 0 Å². The number of carbonyl (C=O) groups excluding carboxylic acids is 1. The minimum Gasteiger partial charge on any atom is -0.396 e. The number of aliphatic hydroxyl groups is 1. The number of amides is 1. The van der Waals surface area contributed by atoms with Crippen LogP contribution in [0.15, 0.2) is 53.7 Å². The van der Waals surface area contributed by atoms with Gasteiger partial charge >= 0.3 is 0 Å². The monoisotopic (exact) mass is 330 g/mol. The van der Waals surface area contributed by atoms with Gasteiger partial charge in [0.1, 0.15) is 0 Å². The minimum atomic E-state index is -0.0888. The molecule has 0 aliphatic carbocycles. The molecule has 0 saturated heterocycles. The second kappa shape index (κ2) is 9.33. The Bertz CT molecular complexity index is 602. The van der Waals surface area contributed by atoms with Crippen LogP contribution in [-0.4, -0.2) is 28.6 Å². The number of pyridine rings is 1. The summed E-state index contributed by atoms with van der Waals surface area (Å²) in [6.07, 6.45) is 5.02. The van der Waals surface area contributed by atoms with E-state index in [2.05, 4.69) is 10.3 Å². The van der Waals surface area contributed by atoms with Gasteiger partial charge in [-0.15, -0.1) is 11.8 Å². The molecular weight excluding hydrogens is 308 g/mol. The Morgan fingerprint density at radius 2 is 2.09 bits per heavy atom. The lowest BCUT2D eigenvalue weighted by atomic mass is 10.1. The van der Waals surface area contributed by atoms with Crippen LogP contribution < -0.4 is 5.32 Å². The average Bonchev–Trinajstić information content (AvgIpc) is 2.60. The van der Waals surface area contributed by atoms with E-state index < -0.39 is 0 Å². The van der Waals surface area contributed by atoms with E-state index in [1.165, 1.54) is 5.56 Å². The molecule has 1 unspecified atom stereocenters. The lowest BCUT2D eigenvalue weighted by Crippen LogP contribution is -2.35. The first-order valence-electron chi connectivity index (χ1n) is 7.76. The summed E-state index contributed by atoms with van der Waals surface area (Å²) >= 11 is 1.72. The molecule has 0 saturated carbocycles. The first-order chi connectivity index (χ1) is 11.2. The van der Waals surface area contributed by atoms with E-state index in [1.807, 2.05) is 49.5 Å². The maximum Gasteiger partial charge on any atom is 0.251 e. The molecule has 1 heterocycles. The van der Waals surface area contributed by atoms with Crippen molar-refractivity contribution in [3.05, 3.63) is 59.9 Å². The summed E-state index contributed by atoms with van der Waals surface area (Å²) in [4.78, 5) is 17.4. The summed E-state index contributed by atoms with van der Waals surface area (Å²) in [6.45, 7) is 2.08. The van der Waals surface area contributed by atoms with Crippen molar-refractivity contribution in [2.24, 2.45) is 0 Å². The topological polar surface area (TPSA) is 62.2 Å². The van der Waals surface area contributed by atoms with Crippen molar-refractivity contribution in [2.45, 2.75) is 36.5 Å². The van der Waals surface area contributed by atoms with Gasteiger partial charge in [-0.05, 0) is 48.7 Å². The highest BCUT2D eigenvalue weighted by atomic mass is 32.2. The number of nitrogens with zero attached hydrogens (tertiary/aromatic N) is 1. The number of benzene rings is 1. The fourth-order valence-electron chi connectivity index (χ4n) is 2.16. The van der Waals surface area contributed by atoms with E-state index in [0.717, 1.165) is 17.1 Å². The number of nitrogens with one attached hydrogen (secondary N) is 1. The molecule has 23 heavy (non-hydrogen) atoms. The quantitative estimate of drug-likeness (QED) is 0.729. The Morgan fingerprint density at radius 1 is 1.30 bits per heavy atom. The van der Waals surface area contributed by atoms with Crippen molar-refractivity contribution < 1.29 is 9.90 Å². The predicted octanol–water partition coefficient (Wildman–Crippen LogP) is 3.26. The van der Waals surface area contributed by atoms with Crippen molar-refractivity contribution in [3.63, 3.8) is 0 Å². The fourth-order valence-corrected chi connectivity index (χ4v) is 2.99. The summed E-state index contributed by atoms with van der Waals surface area (Å²) in [6, 6.07) is 11.6. The highest BCUT2D eigenvalue weighted by Crippen LogP contribution is 2.22. The maximum atomic E-state index is 12.2. The van der Waals surface area contributed by atoms with Crippen molar-refractivity contribution in [2.75, 3.05) is 6.61 Å². The number of hydrogen-bond donors (Lipinski definition) is 2. The Hall–Kier alpha value is -1.85. The van der Waals surface area contributed by atoms with Crippen LogP contribution in [0.25, 0.3) is 0 Å². The minimum absolute atomic E-state index is 0.0205. The highest BCUT2D eigenvalue weighted by molar-refractivity contribution is 7.98. The van der Waals surface area contributed by atoms with E-state index in [0.29, 0.717) is 12.0 Å². The van der Waals surface area contributed by atoms with Crippen LogP contribution in [0, 0.1) is 0 Å². The molecule has 1 atom stereocenters. The summed E-state index contributed by atoms with van der Waals surface area (Å²) in [7, 11) is 0. The molecule has 2 N–H and O–H groups in total. The van der Waals surface area contributed by atoms with Crippen LogP contribution in [0.1, 0.15) is 35.7 Å². The van der Waals surface area contributed by atoms with E-state index in [-0.39, 0.29) is 18.6 Å². The lowest BCUT2D eigenvalue weighted by molar-refractivity contribution is 0.0929. The molecule has 0 bridgehead atoms. The molecule has 4 nitrogen and oxygen atoms in total. The van der Waals surface area contributed by atoms with Gasteiger partial charge in [0, 0.05) is 41.3 Å². The highest BCUT2D eigenvalue weighted by Gasteiger charge is 2.11. The number of aliphatic hydroxyl groups excluding tert-OH is 1. The first-order valence-corrected chi connectivity index (χ1v) is 8.75. The zero-order valence-electron chi connectivity index (χ0n) is 13.2. The Balaban J connectivity index is 1.89. The summed E-state index contributed by atoms with van der Waals surface area (Å²) in [5.41, 5.74) is 1.82. The van der Waals surface area contributed by atoms with E-state index in [1.54, 1.807) is 18.0 Å². The number of thioether (sulfide) groups is 1.